The van der Waals surface area contributed by atoms with Crippen LogP contribution >= 0.6 is 0 Å². The fourth-order valence-corrected chi connectivity index (χ4v) is 7.54. The van der Waals surface area contributed by atoms with Crippen LogP contribution in [0.3, 0.4) is 0 Å². The number of anilines is 2. The van der Waals surface area contributed by atoms with Gasteiger partial charge in [-0.2, -0.15) is 4.31 Å². The number of hydrogen-bond donors (Lipinski definition) is 1. The first-order chi connectivity index (χ1) is 20.1. The highest BCUT2D eigenvalue weighted by atomic mass is 32.2. The van der Waals surface area contributed by atoms with Gasteiger partial charge in [0.05, 0.1) is 36.3 Å². The Hall–Kier alpha value is -3.81. The molecule has 0 spiro atoms. The lowest BCUT2D eigenvalue weighted by Crippen LogP contribution is -2.38. The van der Waals surface area contributed by atoms with E-state index in [4.69, 9.17) is 14.2 Å². The standard InChI is InChI=1S/C29H35N3O8S2/c1-4-40-24-12-10-23(11-13-24)32(42(36,37)26-16-17-27(38-2)28(20-26)39-3)21-29(33)30-22-8-14-25(15-9-22)41(34,35)31-18-6-5-7-19-31/h8-17,20H,4-7,18-19,21H2,1-3H3,(H,30,33). The van der Waals surface area contributed by atoms with Crippen LogP contribution in [0.5, 0.6) is 17.2 Å². The molecule has 3 aromatic rings. The Labute approximate surface area is 247 Å². The van der Waals surface area contributed by atoms with Gasteiger partial charge in [0.2, 0.25) is 15.9 Å². The predicted octanol–water partition coefficient (Wildman–Crippen LogP) is 4.11. The van der Waals surface area contributed by atoms with Crippen molar-refractivity contribution in [2.24, 2.45) is 0 Å². The SMILES string of the molecule is CCOc1ccc(N(CC(=O)Nc2ccc(S(=O)(=O)N3CCCCC3)cc2)S(=O)(=O)c2ccc(OC)c(OC)c2)cc1. The van der Waals surface area contributed by atoms with Gasteiger partial charge in [0, 0.05) is 24.8 Å². The third-order valence-corrected chi connectivity index (χ3v) is 10.4. The number of methoxy groups -OCH3 is 2. The van der Waals surface area contributed by atoms with Crippen LogP contribution in [0.4, 0.5) is 11.4 Å². The summed E-state index contributed by atoms with van der Waals surface area (Å²) >= 11 is 0. The number of ether oxygens (including phenoxy) is 3. The number of hydrogen-bond acceptors (Lipinski definition) is 8. The van der Waals surface area contributed by atoms with Gasteiger partial charge in [-0.15, -0.1) is 0 Å². The quantitative estimate of drug-likeness (QED) is 0.321. The molecule has 0 unspecified atom stereocenters. The summed E-state index contributed by atoms with van der Waals surface area (Å²) in [5, 5.41) is 2.67. The van der Waals surface area contributed by atoms with E-state index in [9.17, 15) is 21.6 Å². The van der Waals surface area contributed by atoms with Gasteiger partial charge in [0.15, 0.2) is 11.5 Å². The van der Waals surface area contributed by atoms with E-state index in [0.717, 1.165) is 23.6 Å². The number of rotatable bonds is 12. The molecular formula is C29H35N3O8S2. The lowest BCUT2D eigenvalue weighted by Gasteiger charge is -2.26. The Balaban J connectivity index is 1.59. The fraction of sp³-hybridized carbons (Fsp3) is 0.345. The van der Waals surface area contributed by atoms with E-state index in [1.165, 1.54) is 61.0 Å². The summed E-state index contributed by atoms with van der Waals surface area (Å²) in [6, 6.07) is 16.4. The van der Waals surface area contributed by atoms with Crippen LogP contribution in [0.1, 0.15) is 26.2 Å². The fourth-order valence-electron chi connectivity index (χ4n) is 4.59. The van der Waals surface area contributed by atoms with Crippen molar-refractivity contribution in [3.8, 4) is 17.2 Å². The normalized spacial score (nSPS) is 14.2. The molecule has 0 bridgehead atoms. The number of piperidine rings is 1. The maximum Gasteiger partial charge on any atom is 0.264 e. The molecule has 0 aliphatic carbocycles. The average molecular weight is 618 g/mol. The van der Waals surface area contributed by atoms with Crippen molar-refractivity contribution in [2.75, 3.05) is 50.1 Å². The van der Waals surface area contributed by atoms with Crippen LogP contribution in [0.15, 0.2) is 76.5 Å². The van der Waals surface area contributed by atoms with Gasteiger partial charge in [-0.3, -0.25) is 9.10 Å². The van der Waals surface area contributed by atoms with Gasteiger partial charge in [-0.1, -0.05) is 6.42 Å². The van der Waals surface area contributed by atoms with Gasteiger partial charge in [0.1, 0.15) is 12.3 Å². The Kier molecular flexibility index (Phi) is 9.97. The first-order valence-electron chi connectivity index (χ1n) is 13.5. The van der Waals surface area contributed by atoms with Crippen LogP contribution in [-0.2, 0) is 24.8 Å². The van der Waals surface area contributed by atoms with Crippen LogP contribution in [0, 0.1) is 0 Å². The van der Waals surface area contributed by atoms with E-state index in [0.29, 0.717) is 36.9 Å². The molecule has 0 atom stereocenters. The molecule has 1 N–H and O–H groups in total. The lowest BCUT2D eigenvalue weighted by molar-refractivity contribution is -0.114. The minimum Gasteiger partial charge on any atom is -0.494 e. The smallest absolute Gasteiger partial charge is 0.264 e. The van der Waals surface area contributed by atoms with Crippen molar-refractivity contribution < 1.29 is 35.8 Å². The largest absolute Gasteiger partial charge is 0.494 e. The highest BCUT2D eigenvalue weighted by Crippen LogP contribution is 2.33. The Morgan fingerprint density at radius 3 is 2.05 bits per heavy atom. The third-order valence-electron chi connectivity index (χ3n) is 6.76. The molecule has 1 heterocycles. The third kappa shape index (κ3) is 6.97. The Morgan fingerprint density at radius 2 is 1.45 bits per heavy atom. The van der Waals surface area contributed by atoms with Crippen molar-refractivity contribution in [1.82, 2.24) is 4.31 Å². The monoisotopic (exact) mass is 617 g/mol. The minimum absolute atomic E-state index is 0.103. The van der Waals surface area contributed by atoms with E-state index in [1.54, 1.807) is 24.3 Å². The molecule has 4 rings (SSSR count). The number of amides is 1. The van der Waals surface area contributed by atoms with Gasteiger partial charge in [-0.05, 0) is 80.4 Å². The van der Waals surface area contributed by atoms with Crippen LogP contribution < -0.4 is 23.8 Å². The zero-order chi connectivity index (χ0) is 30.3. The number of nitrogens with one attached hydrogen (secondary N) is 1. The Bertz CT molecular complexity index is 1590. The predicted molar refractivity (Wildman–Crippen MR) is 159 cm³/mol. The van der Waals surface area contributed by atoms with Crippen molar-refractivity contribution in [3.63, 3.8) is 0 Å². The molecule has 13 heteroatoms. The summed E-state index contributed by atoms with van der Waals surface area (Å²) < 4.78 is 72.1. The van der Waals surface area contributed by atoms with E-state index in [2.05, 4.69) is 5.32 Å². The summed E-state index contributed by atoms with van der Waals surface area (Å²) in [7, 11) is -5.04. The molecule has 1 aliphatic rings. The highest BCUT2D eigenvalue weighted by Gasteiger charge is 2.29. The van der Waals surface area contributed by atoms with Gasteiger partial charge in [-0.25, -0.2) is 16.8 Å². The minimum atomic E-state index is -4.25. The van der Waals surface area contributed by atoms with Crippen LogP contribution in [0.2, 0.25) is 0 Å². The molecule has 226 valence electrons. The summed E-state index contributed by atoms with van der Waals surface area (Å²) in [4.78, 5) is 13.2. The highest BCUT2D eigenvalue weighted by molar-refractivity contribution is 7.92. The summed E-state index contributed by atoms with van der Waals surface area (Å²) in [6.07, 6.45) is 2.65. The number of carbonyl (C=O) groups excluding carboxylic acids is 1. The second-order valence-corrected chi connectivity index (χ2v) is 13.3. The average Bonchev–Trinajstić information content (AvgIpc) is 3.00. The molecule has 1 aliphatic heterocycles. The van der Waals surface area contributed by atoms with E-state index < -0.39 is 32.5 Å². The number of carbonyl (C=O) groups is 1. The number of sulfonamides is 2. The maximum atomic E-state index is 13.9. The molecule has 0 aromatic heterocycles. The van der Waals surface area contributed by atoms with Crippen molar-refractivity contribution in [1.29, 1.82) is 0 Å². The first-order valence-corrected chi connectivity index (χ1v) is 16.4. The second kappa shape index (κ2) is 13.4. The summed E-state index contributed by atoms with van der Waals surface area (Å²) in [5.74, 6) is 0.496. The van der Waals surface area contributed by atoms with Crippen LogP contribution in [-0.4, -0.2) is 67.5 Å². The number of nitrogens with zero attached hydrogens (tertiary/aromatic N) is 2. The molecule has 3 aromatic carbocycles. The first kappa shape index (κ1) is 31.1. The molecule has 1 fully saturated rings. The van der Waals surface area contributed by atoms with Crippen molar-refractivity contribution >= 4 is 37.3 Å². The molecular weight excluding hydrogens is 582 g/mol. The molecule has 42 heavy (non-hydrogen) atoms. The van der Waals surface area contributed by atoms with Crippen molar-refractivity contribution in [3.05, 3.63) is 66.7 Å². The van der Waals surface area contributed by atoms with Crippen molar-refractivity contribution in [2.45, 2.75) is 36.0 Å². The molecule has 1 saturated heterocycles. The van der Waals surface area contributed by atoms with E-state index in [1.807, 2.05) is 6.92 Å². The topological polar surface area (TPSA) is 132 Å². The summed E-state index contributed by atoms with van der Waals surface area (Å²) in [6.45, 7) is 2.68. The molecule has 11 nitrogen and oxygen atoms in total. The van der Waals surface area contributed by atoms with Gasteiger partial charge in [0.25, 0.3) is 10.0 Å². The molecule has 0 radical (unpaired) electrons. The van der Waals surface area contributed by atoms with E-state index >= 15 is 0 Å². The van der Waals surface area contributed by atoms with Crippen LogP contribution in [0.25, 0.3) is 0 Å². The maximum absolute atomic E-state index is 13.9. The summed E-state index contributed by atoms with van der Waals surface area (Å²) in [5.41, 5.74) is 0.569. The zero-order valence-corrected chi connectivity index (χ0v) is 25.4. The lowest BCUT2D eigenvalue weighted by atomic mass is 10.2. The van der Waals surface area contributed by atoms with Gasteiger partial charge >= 0.3 is 0 Å². The molecule has 0 saturated carbocycles. The van der Waals surface area contributed by atoms with Gasteiger partial charge < -0.3 is 19.5 Å². The molecule has 1 amide bonds. The van der Waals surface area contributed by atoms with E-state index in [-0.39, 0.29) is 21.2 Å². The number of benzene rings is 3. The second-order valence-electron chi connectivity index (χ2n) is 9.49. The Morgan fingerprint density at radius 1 is 0.833 bits per heavy atom. The zero-order valence-electron chi connectivity index (χ0n) is 23.8.